The molecule has 0 atom stereocenters. The first-order valence-corrected chi connectivity index (χ1v) is 15.6. The third-order valence-electron chi connectivity index (χ3n) is 6.91. The number of hydrazine groups is 1. The molecule has 3 aromatic rings. The van der Waals surface area contributed by atoms with E-state index in [-0.39, 0.29) is 16.4 Å². The van der Waals surface area contributed by atoms with Crippen molar-refractivity contribution < 1.29 is 27.3 Å². The Bertz CT molecular complexity index is 1570. The number of carbonyl (C=O) groups excluding carboxylic acids is 2. The van der Waals surface area contributed by atoms with E-state index in [9.17, 15) is 18.0 Å². The van der Waals surface area contributed by atoms with E-state index in [2.05, 4.69) is 33.5 Å². The summed E-state index contributed by atoms with van der Waals surface area (Å²) in [5, 5.41) is 6.88. The first-order chi connectivity index (χ1) is 21.2. The van der Waals surface area contributed by atoms with Gasteiger partial charge in [0, 0.05) is 29.4 Å². The molecule has 234 valence electrons. The number of nitrogens with one attached hydrogen (secondary N) is 2. The highest BCUT2D eigenvalue weighted by molar-refractivity contribution is 7.86. The molecule has 1 aliphatic carbocycles. The maximum atomic E-state index is 12.1. The zero-order valence-electron chi connectivity index (χ0n) is 24.4. The highest BCUT2D eigenvalue weighted by Gasteiger charge is 2.21. The zero-order chi connectivity index (χ0) is 32.0. The van der Waals surface area contributed by atoms with Crippen molar-refractivity contribution in [2.45, 2.75) is 49.8 Å². The lowest BCUT2D eigenvalue weighted by atomic mass is 9.85. The number of hydrogen-bond acceptors (Lipinski definition) is 10. The van der Waals surface area contributed by atoms with Crippen LogP contribution >= 0.6 is 0 Å². The van der Waals surface area contributed by atoms with Gasteiger partial charge < -0.3 is 21.3 Å². The number of nitrogen functional groups attached to an aromatic ring is 1. The van der Waals surface area contributed by atoms with Crippen LogP contribution in [0, 0.1) is 0 Å². The van der Waals surface area contributed by atoms with Gasteiger partial charge in [0.15, 0.2) is 6.29 Å². The minimum absolute atomic E-state index is 0.0417. The van der Waals surface area contributed by atoms with Crippen LogP contribution < -0.4 is 27.2 Å². The predicted octanol–water partition coefficient (Wildman–Crippen LogP) is 3.82. The number of unbranched alkanes of at least 4 members (excludes halogenated alkanes) is 2. The number of amides is 1. The van der Waals surface area contributed by atoms with Gasteiger partial charge >= 0.3 is 0 Å². The maximum absolute atomic E-state index is 12.1. The molecule has 1 aliphatic rings. The number of anilines is 1. The topological polar surface area (TPSA) is 199 Å². The predicted molar refractivity (Wildman–Crippen MR) is 169 cm³/mol. The highest BCUT2D eigenvalue weighted by atomic mass is 32.2. The summed E-state index contributed by atoms with van der Waals surface area (Å²) in [6.45, 7) is 5.14. The Morgan fingerprint density at radius 3 is 2.55 bits per heavy atom. The van der Waals surface area contributed by atoms with Crippen molar-refractivity contribution in [1.82, 2.24) is 10.3 Å². The van der Waals surface area contributed by atoms with Gasteiger partial charge in [-0.25, -0.2) is 10.8 Å². The number of nitrogens with two attached hydrogens (primary N) is 2. The Hall–Kier alpha value is -4.59. The molecule has 1 amide bonds. The molecule has 1 aromatic heterocycles. The molecular weight excluding hydrogens is 584 g/mol. The van der Waals surface area contributed by atoms with Gasteiger partial charge in [-0.15, -0.1) is 6.58 Å². The van der Waals surface area contributed by atoms with Gasteiger partial charge in [-0.05, 0) is 80.8 Å². The van der Waals surface area contributed by atoms with Gasteiger partial charge in [-0.1, -0.05) is 24.3 Å². The van der Waals surface area contributed by atoms with E-state index in [4.69, 9.17) is 21.0 Å². The lowest BCUT2D eigenvalue weighted by Gasteiger charge is -2.23. The van der Waals surface area contributed by atoms with Crippen molar-refractivity contribution in [3.05, 3.63) is 95.2 Å². The van der Waals surface area contributed by atoms with E-state index in [1.54, 1.807) is 12.1 Å². The molecule has 4 rings (SSSR count). The number of rotatable bonds is 13. The molecular formula is C31H38N6O6S. The number of allylic oxidation sites excluding steroid dienone is 1. The third kappa shape index (κ3) is 9.46. The first-order valence-electron chi connectivity index (χ1n) is 14.1. The van der Waals surface area contributed by atoms with E-state index in [1.165, 1.54) is 41.6 Å². The number of fused-ring (bicyclic) bond motifs is 1. The summed E-state index contributed by atoms with van der Waals surface area (Å²) in [4.78, 5) is 26.1. The van der Waals surface area contributed by atoms with E-state index >= 15 is 0 Å². The summed E-state index contributed by atoms with van der Waals surface area (Å²) in [6, 6.07) is 12.9. The second kappa shape index (κ2) is 16.9. The largest absolute Gasteiger partial charge is 0.493 e. The Balaban J connectivity index is 0.000000369. The number of pyridine rings is 1. The van der Waals surface area contributed by atoms with Crippen molar-refractivity contribution in [3.8, 4) is 5.75 Å². The second-order valence-electron chi connectivity index (χ2n) is 9.86. The van der Waals surface area contributed by atoms with Gasteiger partial charge in [0.1, 0.15) is 16.5 Å². The minimum Gasteiger partial charge on any atom is -0.493 e. The molecule has 0 aliphatic heterocycles. The van der Waals surface area contributed by atoms with E-state index in [0.717, 1.165) is 62.0 Å². The average molecular weight is 623 g/mol. The zero-order valence-corrected chi connectivity index (χ0v) is 25.2. The van der Waals surface area contributed by atoms with E-state index in [0.29, 0.717) is 30.8 Å². The van der Waals surface area contributed by atoms with Crippen molar-refractivity contribution in [2.75, 3.05) is 18.6 Å². The molecule has 1 heterocycles. The van der Waals surface area contributed by atoms with Crippen LogP contribution in [0.5, 0.6) is 5.75 Å². The number of hydrazone groups is 1. The molecule has 13 heteroatoms. The summed E-state index contributed by atoms with van der Waals surface area (Å²) in [5.74, 6) is 12.2. The van der Waals surface area contributed by atoms with Gasteiger partial charge in [0.05, 0.1) is 17.9 Å². The minimum atomic E-state index is -4.28. The number of nitrogens with zero attached hydrogens (tertiary/aromatic N) is 2. The van der Waals surface area contributed by atoms with Crippen LogP contribution in [-0.4, -0.2) is 49.0 Å². The van der Waals surface area contributed by atoms with Crippen molar-refractivity contribution in [1.29, 1.82) is 0 Å². The molecule has 44 heavy (non-hydrogen) atoms. The number of benzene rings is 2. The van der Waals surface area contributed by atoms with Crippen molar-refractivity contribution in [3.63, 3.8) is 0 Å². The molecule has 0 saturated heterocycles. The fraction of sp³-hybridized carbons (Fsp3) is 0.290. The molecule has 0 unspecified atom stereocenters. The van der Waals surface area contributed by atoms with Gasteiger partial charge in [0.25, 0.3) is 16.0 Å². The normalized spacial score (nSPS) is 13.2. The van der Waals surface area contributed by atoms with Crippen LogP contribution in [-0.2, 0) is 23.0 Å². The number of aromatic nitrogens is 1. The van der Waals surface area contributed by atoms with Gasteiger partial charge in [-0.3, -0.25) is 14.1 Å². The maximum Gasteiger partial charge on any atom is 0.295 e. The summed E-state index contributed by atoms with van der Waals surface area (Å²) in [6.07, 6.45) is 10.3. The molecule has 0 spiro atoms. The Morgan fingerprint density at radius 1 is 1.11 bits per heavy atom. The molecule has 0 bridgehead atoms. The van der Waals surface area contributed by atoms with Crippen LogP contribution in [0.25, 0.3) is 0 Å². The van der Waals surface area contributed by atoms with E-state index < -0.39 is 10.1 Å². The number of carbonyl (C=O) groups is 2. The van der Waals surface area contributed by atoms with Crippen LogP contribution in [0.2, 0.25) is 0 Å². The Kier molecular flexibility index (Phi) is 13.0. The van der Waals surface area contributed by atoms with Crippen LogP contribution in [0.1, 0.15) is 69.5 Å². The molecule has 0 saturated carbocycles. The Morgan fingerprint density at radius 2 is 1.91 bits per heavy atom. The smallest absolute Gasteiger partial charge is 0.295 e. The second-order valence-corrected chi connectivity index (χ2v) is 11.3. The van der Waals surface area contributed by atoms with Crippen molar-refractivity contribution >= 4 is 33.8 Å². The lowest BCUT2D eigenvalue weighted by molar-refractivity contribution is 0.0952. The van der Waals surface area contributed by atoms with Gasteiger partial charge in [0.2, 0.25) is 0 Å². The average Bonchev–Trinajstić information content (AvgIpc) is 3.04. The standard InChI is InChI=1S/C24H32N6O2.C7H6O4S/c1-2-7-20-18-8-6-9-21(29-25)19(18)11-12-22(20)32-15-5-3-4-14-27-24(31)17-10-13-23(30-26)28-16-17;8-5-6-3-1-2-4-7(6)12(9,10)11/h2,10-13,16H,1,3-9,14-15,25-26H2,(H,27,31)(H,28,30);1-5H,(H,9,10,11). The third-order valence-corrected chi connectivity index (χ3v) is 7.83. The fourth-order valence-corrected chi connectivity index (χ4v) is 5.41. The fourth-order valence-electron chi connectivity index (χ4n) is 4.75. The van der Waals surface area contributed by atoms with E-state index in [1.807, 2.05) is 12.1 Å². The summed E-state index contributed by atoms with van der Waals surface area (Å²) >= 11 is 0. The first kappa shape index (κ1) is 33.9. The number of aldehydes is 1. The van der Waals surface area contributed by atoms with Crippen LogP contribution in [0.3, 0.4) is 0 Å². The summed E-state index contributed by atoms with van der Waals surface area (Å²) in [5.41, 5.74) is 7.49. The monoisotopic (exact) mass is 622 g/mol. The molecule has 7 N–H and O–H groups in total. The summed E-state index contributed by atoms with van der Waals surface area (Å²) < 4.78 is 35.9. The SMILES string of the molecule is C=CCc1c(OCCCCCNC(=O)c2ccc(NN)nc2)ccc2c1CCCC2=NN.O=Cc1ccccc1S(=O)(=O)O. The lowest BCUT2D eigenvalue weighted by Crippen LogP contribution is -2.24. The van der Waals surface area contributed by atoms with Gasteiger partial charge in [-0.2, -0.15) is 13.5 Å². The number of hydrogen-bond donors (Lipinski definition) is 5. The molecule has 0 fully saturated rings. The van der Waals surface area contributed by atoms with Crippen LogP contribution in [0.4, 0.5) is 5.82 Å². The van der Waals surface area contributed by atoms with Crippen molar-refractivity contribution in [2.24, 2.45) is 16.8 Å². The quantitative estimate of drug-likeness (QED) is 0.0466. The summed E-state index contributed by atoms with van der Waals surface area (Å²) in [7, 11) is -4.28. The highest BCUT2D eigenvalue weighted by Crippen LogP contribution is 2.32. The molecule has 12 nitrogen and oxygen atoms in total. The van der Waals surface area contributed by atoms with Crippen LogP contribution in [0.15, 0.2) is 77.4 Å². The molecule has 2 aromatic carbocycles. The molecule has 0 radical (unpaired) electrons. The number of ether oxygens (including phenoxy) is 1. The Labute approximate surface area is 257 Å².